The molecule has 0 radical (unpaired) electrons. The fourth-order valence-corrected chi connectivity index (χ4v) is 1.49. The Balaban J connectivity index is 2.19. The maximum Gasteiger partial charge on any atom is 0.271 e. The summed E-state index contributed by atoms with van der Waals surface area (Å²) in [5, 5.41) is 10.4. The smallest absolute Gasteiger partial charge is 0.271 e. The van der Waals surface area contributed by atoms with E-state index in [1.54, 1.807) is 18.2 Å². The van der Waals surface area contributed by atoms with E-state index >= 15 is 0 Å². The zero-order valence-electron chi connectivity index (χ0n) is 10.1. The summed E-state index contributed by atoms with van der Waals surface area (Å²) in [6, 6.07) is 7.89. The van der Waals surface area contributed by atoms with Crippen molar-refractivity contribution in [1.82, 2.24) is 15.5 Å². The topological polar surface area (TPSA) is 90.1 Å². The Labute approximate surface area is 114 Å². The van der Waals surface area contributed by atoms with Gasteiger partial charge in [0.25, 0.3) is 5.91 Å². The Morgan fingerprint density at radius 2 is 2.11 bits per heavy atom. The quantitative estimate of drug-likeness (QED) is 0.837. The van der Waals surface area contributed by atoms with E-state index in [-0.39, 0.29) is 17.5 Å². The van der Waals surface area contributed by atoms with Gasteiger partial charge in [0.05, 0.1) is 5.02 Å². The Morgan fingerprint density at radius 1 is 1.32 bits per heavy atom. The molecule has 1 amide bonds. The van der Waals surface area contributed by atoms with Gasteiger partial charge in [-0.2, -0.15) is 0 Å². The third-order valence-electron chi connectivity index (χ3n) is 2.27. The number of rotatable bonds is 3. The number of hydrogen-bond acceptors (Lipinski definition) is 5. The van der Waals surface area contributed by atoms with Gasteiger partial charge < -0.3 is 15.8 Å². The fraction of sp³-hybridized carbons (Fsp3) is 0.0833. The molecule has 0 spiro atoms. The van der Waals surface area contributed by atoms with Crippen LogP contribution in [-0.2, 0) is 0 Å². The van der Waals surface area contributed by atoms with E-state index in [1.165, 1.54) is 19.2 Å². The van der Waals surface area contributed by atoms with Gasteiger partial charge in [0.2, 0.25) is 5.88 Å². The number of halogens is 1. The third kappa shape index (κ3) is 3.11. The second kappa shape index (κ2) is 5.53. The van der Waals surface area contributed by atoms with Gasteiger partial charge in [0, 0.05) is 24.9 Å². The first-order valence-electron chi connectivity index (χ1n) is 5.39. The number of nitrogens with zero attached hydrogens (tertiary/aromatic N) is 2. The molecule has 0 saturated heterocycles. The van der Waals surface area contributed by atoms with E-state index in [1.807, 2.05) is 0 Å². The highest BCUT2D eigenvalue weighted by Crippen LogP contribution is 2.29. The molecule has 0 aliphatic rings. The van der Waals surface area contributed by atoms with Crippen LogP contribution >= 0.6 is 11.6 Å². The lowest BCUT2D eigenvalue weighted by Gasteiger charge is -2.07. The Morgan fingerprint density at radius 3 is 2.74 bits per heavy atom. The van der Waals surface area contributed by atoms with E-state index in [0.29, 0.717) is 16.5 Å². The molecule has 0 fully saturated rings. The number of anilines is 1. The number of carbonyl (C=O) groups is 1. The Bertz CT molecular complexity index is 601. The van der Waals surface area contributed by atoms with Crippen LogP contribution in [0.5, 0.6) is 11.6 Å². The van der Waals surface area contributed by atoms with Crippen LogP contribution < -0.4 is 15.8 Å². The first-order chi connectivity index (χ1) is 9.10. The number of hydrogen-bond donors (Lipinski definition) is 2. The highest BCUT2D eigenvalue weighted by Gasteiger charge is 2.08. The number of ether oxygens (including phenoxy) is 1. The summed E-state index contributed by atoms with van der Waals surface area (Å²) >= 11 is 5.96. The minimum absolute atomic E-state index is 0.202. The van der Waals surface area contributed by atoms with Crippen LogP contribution in [0.4, 0.5) is 5.69 Å². The monoisotopic (exact) mass is 278 g/mol. The third-order valence-corrected chi connectivity index (χ3v) is 2.58. The molecule has 2 rings (SSSR count). The maximum absolute atomic E-state index is 11.3. The van der Waals surface area contributed by atoms with Crippen molar-refractivity contribution < 1.29 is 9.53 Å². The fourth-order valence-electron chi connectivity index (χ4n) is 1.33. The van der Waals surface area contributed by atoms with Crippen LogP contribution in [0.2, 0.25) is 5.02 Å². The largest absolute Gasteiger partial charge is 0.436 e. The zero-order chi connectivity index (χ0) is 13.8. The van der Waals surface area contributed by atoms with Gasteiger partial charge >= 0.3 is 0 Å². The first kappa shape index (κ1) is 13.1. The van der Waals surface area contributed by atoms with E-state index in [9.17, 15) is 4.79 Å². The second-order valence-corrected chi connectivity index (χ2v) is 4.04. The Hall–Kier alpha value is -2.34. The van der Waals surface area contributed by atoms with Crippen LogP contribution in [0.1, 0.15) is 10.5 Å². The lowest BCUT2D eigenvalue weighted by Crippen LogP contribution is -2.19. The number of aromatic nitrogens is 2. The lowest BCUT2D eigenvalue weighted by molar-refractivity contribution is 0.0957. The highest BCUT2D eigenvalue weighted by atomic mass is 35.5. The number of nitrogens with one attached hydrogen (secondary N) is 1. The van der Waals surface area contributed by atoms with E-state index in [0.717, 1.165) is 0 Å². The molecular formula is C12H11ClN4O2. The molecule has 19 heavy (non-hydrogen) atoms. The maximum atomic E-state index is 11.3. The molecule has 98 valence electrons. The van der Waals surface area contributed by atoms with Crippen LogP contribution in [0.15, 0.2) is 30.3 Å². The average Bonchev–Trinajstić information content (AvgIpc) is 2.43. The predicted molar refractivity (Wildman–Crippen MR) is 71.4 cm³/mol. The van der Waals surface area contributed by atoms with Crippen LogP contribution in [-0.4, -0.2) is 23.2 Å². The molecule has 2 aromatic rings. The summed E-state index contributed by atoms with van der Waals surface area (Å²) in [7, 11) is 1.51. The summed E-state index contributed by atoms with van der Waals surface area (Å²) in [5.41, 5.74) is 6.36. The standard InChI is InChI=1S/C12H11ClN4O2/c1-15-12(18)9-4-5-11(17-16-9)19-10-6-7(14)2-3-8(10)13/h2-6H,14H2,1H3,(H,15,18). The van der Waals surface area contributed by atoms with Crippen molar-refractivity contribution in [3.8, 4) is 11.6 Å². The molecule has 6 nitrogen and oxygen atoms in total. The molecule has 3 N–H and O–H groups in total. The van der Waals surface area contributed by atoms with Gasteiger partial charge in [-0.05, 0) is 18.2 Å². The molecule has 1 aromatic carbocycles. The van der Waals surface area contributed by atoms with Crippen molar-refractivity contribution in [2.45, 2.75) is 0 Å². The van der Waals surface area contributed by atoms with Gasteiger partial charge in [0.15, 0.2) is 5.69 Å². The van der Waals surface area contributed by atoms with E-state index in [2.05, 4.69) is 15.5 Å². The molecule has 0 aliphatic heterocycles. The van der Waals surface area contributed by atoms with Crippen molar-refractivity contribution >= 4 is 23.2 Å². The summed E-state index contributed by atoms with van der Waals surface area (Å²) in [4.78, 5) is 11.3. The molecule has 1 heterocycles. The molecule has 0 bridgehead atoms. The minimum atomic E-state index is -0.318. The average molecular weight is 279 g/mol. The molecule has 1 aromatic heterocycles. The van der Waals surface area contributed by atoms with Crippen LogP contribution in [0, 0.1) is 0 Å². The number of carbonyl (C=O) groups excluding carboxylic acids is 1. The van der Waals surface area contributed by atoms with Crippen molar-refractivity contribution in [3.63, 3.8) is 0 Å². The summed E-state index contributed by atoms with van der Waals surface area (Å²) in [6.45, 7) is 0. The van der Waals surface area contributed by atoms with Gasteiger partial charge in [-0.15, -0.1) is 10.2 Å². The SMILES string of the molecule is CNC(=O)c1ccc(Oc2cc(N)ccc2Cl)nn1. The number of benzene rings is 1. The normalized spacial score (nSPS) is 10.0. The van der Waals surface area contributed by atoms with Crippen molar-refractivity contribution in [2.75, 3.05) is 12.8 Å². The first-order valence-corrected chi connectivity index (χ1v) is 5.76. The predicted octanol–water partition coefficient (Wildman–Crippen LogP) is 1.86. The molecule has 7 heteroatoms. The number of nitrogen functional groups attached to an aromatic ring is 1. The zero-order valence-corrected chi connectivity index (χ0v) is 10.8. The Kier molecular flexibility index (Phi) is 3.82. The summed E-state index contributed by atoms with van der Waals surface area (Å²) in [6.07, 6.45) is 0. The lowest BCUT2D eigenvalue weighted by atomic mass is 10.3. The second-order valence-electron chi connectivity index (χ2n) is 3.63. The van der Waals surface area contributed by atoms with Crippen LogP contribution in [0.25, 0.3) is 0 Å². The van der Waals surface area contributed by atoms with Gasteiger partial charge in [-0.1, -0.05) is 11.6 Å². The molecular weight excluding hydrogens is 268 g/mol. The van der Waals surface area contributed by atoms with Crippen molar-refractivity contribution in [2.24, 2.45) is 0 Å². The summed E-state index contributed by atoms with van der Waals surface area (Å²) < 4.78 is 5.44. The molecule has 0 aliphatic carbocycles. The molecule has 0 saturated carbocycles. The van der Waals surface area contributed by atoms with Gasteiger partial charge in [-0.25, -0.2) is 0 Å². The van der Waals surface area contributed by atoms with Crippen molar-refractivity contribution in [1.29, 1.82) is 0 Å². The van der Waals surface area contributed by atoms with Crippen LogP contribution in [0.3, 0.4) is 0 Å². The van der Waals surface area contributed by atoms with E-state index < -0.39 is 0 Å². The molecule has 0 atom stereocenters. The summed E-state index contributed by atoms with van der Waals surface area (Å²) in [5.74, 6) is 0.282. The molecule has 0 unspecified atom stereocenters. The van der Waals surface area contributed by atoms with Gasteiger partial charge in [0.1, 0.15) is 5.75 Å². The van der Waals surface area contributed by atoms with E-state index in [4.69, 9.17) is 22.1 Å². The number of amides is 1. The van der Waals surface area contributed by atoms with Crippen molar-refractivity contribution in [3.05, 3.63) is 41.0 Å². The van der Waals surface area contributed by atoms with Gasteiger partial charge in [-0.3, -0.25) is 4.79 Å². The number of nitrogens with two attached hydrogens (primary N) is 1. The minimum Gasteiger partial charge on any atom is -0.436 e. The highest BCUT2D eigenvalue weighted by molar-refractivity contribution is 6.32.